The summed E-state index contributed by atoms with van der Waals surface area (Å²) < 4.78 is 4.58. The van der Waals surface area contributed by atoms with Crippen molar-refractivity contribution in [2.45, 2.75) is 0 Å². The largest absolute Gasteiger partial charge is 0.309 e. The van der Waals surface area contributed by atoms with E-state index < -0.39 is 0 Å². The monoisotopic (exact) mass is 534 g/mol. The molecule has 194 valence electrons. The summed E-state index contributed by atoms with van der Waals surface area (Å²) in [4.78, 5) is 0. The van der Waals surface area contributed by atoms with Crippen molar-refractivity contribution >= 4 is 43.6 Å². The van der Waals surface area contributed by atoms with Crippen LogP contribution < -0.4 is 0 Å². The molecule has 8 aromatic rings. The second-order valence-corrected chi connectivity index (χ2v) is 10.4. The lowest BCUT2D eigenvalue weighted by molar-refractivity contribution is 1.15. The van der Waals surface area contributed by atoms with Gasteiger partial charge < -0.3 is 9.13 Å². The first-order valence-corrected chi connectivity index (χ1v) is 13.8. The molecule has 6 aromatic carbocycles. The fourth-order valence-corrected chi connectivity index (χ4v) is 6.40. The second kappa shape index (κ2) is 9.24. The van der Waals surface area contributed by atoms with Gasteiger partial charge in [0, 0.05) is 38.4 Å². The van der Waals surface area contributed by atoms with Crippen molar-refractivity contribution in [2.75, 3.05) is 0 Å². The summed E-state index contributed by atoms with van der Waals surface area (Å²) in [5, 5.41) is 24.5. The first kappa shape index (κ1) is 23.8. The van der Waals surface area contributed by atoms with Crippen LogP contribution >= 0.6 is 0 Å². The van der Waals surface area contributed by atoms with Gasteiger partial charge in [0.1, 0.15) is 0 Å². The fourth-order valence-electron chi connectivity index (χ4n) is 6.40. The van der Waals surface area contributed by atoms with Gasteiger partial charge in [-0.15, -0.1) is 0 Å². The molecule has 0 saturated heterocycles. The first-order valence-electron chi connectivity index (χ1n) is 13.8. The molecule has 0 unspecified atom stereocenters. The van der Waals surface area contributed by atoms with Crippen LogP contribution in [0.1, 0.15) is 11.1 Å². The van der Waals surface area contributed by atoms with E-state index in [9.17, 15) is 10.5 Å². The molecular formula is C38H22N4. The normalized spacial score (nSPS) is 11.3. The van der Waals surface area contributed by atoms with E-state index >= 15 is 0 Å². The van der Waals surface area contributed by atoms with Gasteiger partial charge in [-0.3, -0.25) is 0 Å². The van der Waals surface area contributed by atoms with Crippen molar-refractivity contribution in [1.82, 2.24) is 9.13 Å². The Bertz CT molecular complexity index is 2340. The number of aromatic nitrogens is 2. The summed E-state index contributed by atoms with van der Waals surface area (Å²) >= 11 is 0. The summed E-state index contributed by atoms with van der Waals surface area (Å²) in [7, 11) is 0. The van der Waals surface area contributed by atoms with E-state index in [2.05, 4.69) is 137 Å². The van der Waals surface area contributed by atoms with Crippen LogP contribution in [0.25, 0.3) is 66.1 Å². The number of fused-ring (bicyclic) bond motifs is 6. The topological polar surface area (TPSA) is 57.4 Å². The number of hydrogen-bond donors (Lipinski definition) is 0. The average molecular weight is 535 g/mol. The van der Waals surface area contributed by atoms with Crippen molar-refractivity contribution < 1.29 is 0 Å². The van der Waals surface area contributed by atoms with E-state index in [1.165, 1.54) is 21.5 Å². The van der Waals surface area contributed by atoms with Crippen LogP contribution in [-0.2, 0) is 0 Å². The van der Waals surface area contributed by atoms with E-state index in [1.54, 1.807) is 12.1 Å². The molecule has 0 aliphatic carbocycles. The highest BCUT2D eigenvalue weighted by atomic mass is 15.0. The molecule has 0 spiro atoms. The number of para-hydroxylation sites is 4. The summed E-state index contributed by atoms with van der Waals surface area (Å²) in [6.45, 7) is 0. The highest BCUT2D eigenvalue weighted by Crippen LogP contribution is 2.40. The minimum atomic E-state index is 0.465. The van der Waals surface area contributed by atoms with Gasteiger partial charge in [-0.25, -0.2) is 0 Å². The molecule has 0 saturated carbocycles. The number of hydrogen-bond acceptors (Lipinski definition) is 2. The third-order valence-electron chi connectivity index (χ3n) is 8.20. The van der Waals surface area contributed by atoms with Crippen LogP contribution in [0.3, 0.4) is 0 Å². The summed E-state index contributed by atoms with van der Waals surface area (Å²) in [5.74, 6) is 0. The predicted octanol–water partition coefficient (Wildman–Crippen LogP) is 9.29. The molecule has 0 atom stereocenters. The lowest BCUT2D eigenvalue weighted by Gasteiger charge is -2.18. The molecule has 0 aliphatic rings. The van der Waals surface area contributed by atoms with Gasteiger partial charge in [-0.2, -0.15) is 10.5 Å². The molecule has 0 N–H and O–H groups in total. The number of rotatable bonds is 3. The van der Waals surface area contributed by atoms with Crippen molar-refractivity contribution in [3.05, 3.63) is 145 Å². The highest BCUT2D eigenvalue weighted by molar-refractivity contribution is 6.11. The van der Waals surface area contributed by atoms with E-state index in [0.29, 0.717) is 11.1 Å². The molecule has 4 heteroatoms. The fraction of sp³-hybridized carbons (Fsp3) is 0. The number of nitrogens with zero attached hydrogens (tertiary/aromatic N) is 4. The maximum Gasteiger partial charge on any atom is 0.0998 e. The van der Waals surface area contributed by atoms with E-state index in [0.717, 1.165) is 44.6 Å². The minimum absolute atomic E-state index is 0.465. The number of nitriles is 2. The van der Waals surface area contributed by atoms with Gasteiger partial charge in [0.15, 0.2) is 0 Å². The van der Waals surface area contributed by atoms with E-state index in [1.807, 2.05) is 6.07 Å². The second-order valence-electron chi connectivity index (χ2n) is 10.4. The molecule has 42 heavy (non-hydrogen) atoms. The molecule has 0 radical (unpaired) electrons. The molecule has 0 bridgehead atoms. The van der Waals surface area contributed by atoms with Crippen LogP contribution in [0.2, 0.25) is 0 Å². The summed E-state index contributed by atoms with van der Waals surface area (Å²) in [5.41, 5.74) is 9.04. The average Bonchev–Trinajstić information content (AvgIpc) is 3.57. The van der Waals surface area contributed by atoms with Gasteiger partial charge in [-0.05, 0) is 54.6 Å². The Hall–Kier alpha value is -6.10. The third kappa shape index (κ3) is 3.40. The summed E-state index contributed by atoms with van der Waals surface area (Å²) in [6.07, 6.45) is 0. The Morgan fingerprint density at radius 3 is 1.43 bits per heavy atom. The first-order chi connectivity index (χ1) is 20.8. The molecule has 2 heterocycles. The van der Waals surface area contributed by atoms with Crippen LogP contribution in [0.4, 0.5) is 0 Å². The van der Waals surface area contributed by atoms with E-state index in [4.69, 9.17) is 0 Å². The molecule has 0 aliphatic heterocycles. The highest BCUT2D eigenvalue weighted by Gasteiger charge is 2.19. The lowest BCUT2D eigenvalue weighted by Crippen LogP contribution is -2.01. The van der Waals surface area contributed by atoms with Crippen molar-refractivity contribution in [2.24, 2.45) is 0 Å². The van der Waals surface area contributed by atoms with Crippen molar-refractivity contribution in [1.29, 1.82) is 10.5 Å². The molecule has 8 rings (SSSR count). The van der Waals surface area contributed by atoms with Crippen LogP contribution in [0.5, 0.6) is 0 Å². The van der Waals surface area contributed by atoms with Crippen molar-refractivity contribution in [3.63, 3.8) is 0 Å². The zero-order chi connectivity index (χ0) is 28.2. The lowest BCUT2D eigenvalue weighted by atomic mass is 9.96. The van der Waals surface area contributed by atoms with Gasteiger partial charge in [0.2, 0.25) is 0 Å². The van der Waals surface area contributed by atoms with E-state index in [-0.39, 0.29) is 0 Å². The zero-order valence-electron chi connectivity index (χ0n) is 22.5. The Kier molecular flexibility index (Phi) is 5.22. The van der Waals surface area contributed by atoms with Crippen LogP contribution in [0, 0.1) is 22.7 Å². The van der Waals surface area contributed by atoms with Crippen LogP contribution in [-0.4, -0.2) is 9.13 Å². The third-order valence-corrected chi connectivity index (χ3v) is 8.20. The Balaban J connectivity index is 1.50. The van der Waals surface area contributed by atoms with Crippen LogP contribution in [0.15, 0.2) is 133 Å². The van der Waals surface area contributed by atoms with Gasteiger partial charge in [0.05, 0.1) is 51.0 Å². The standard InChI is InChI=1S/C38H22N4/c39-23-25-17-19-28(26(21-25)24-40)33-22-27(41-34-13-5-1-9-29(34)30-10-2-6-14-35(30)41)18-20-38(33)42-36-15-7-3-11-31(36)32-12-4-8-16-37(32)42/h1-22H. The molecule has 4 nitrogen and oxygen atoms in total. The number of benzene rings is 6. The molecule has 0 amide bonds. The Labute approximate surface area is 242 Å². The smallest absolute Gasteiger partial charge is 0.0998 e. The zero-order valence-corrected chi connectivity index (χ0v) is 22.5. The Morgan fingerprint density at radius 1 is 0.429 bits per heavy atom. The van der Waals surface area contributed by atoms with Gasteiger partial charge in [0.25, 0.3) is 0 Å². The summed E-state index contributed by atoms with van der Waals surface area (Å²) in [6, 6.07) is 50.2. The minimum Gasteiger partial charge on any atom is -0.309 e. The van der Waals surface area contributed by atoms with Crippen molar-refractivity contribution in [3.8, 4) is 34.6 Å². The van der Waals surface area contributed by atoms with Gasteiger partial charge >= 0.3 is 0 Å². The predicted molar refractivity (Wildman–Crippen MR) is 170 cm³/mol. The molecule has 0 fully saturated rings. The van der Waals surface area contributed by atoms with Gasteiger partial charge in [-0.1, -0.05) is 78.9 Å². The quantitative estimate of drug-likeness (QED) is 0.227. The maximum absolute atomic E-state index is 10.2. The SMILES string of the molecule is N#Cc1ccc(-c2cc(-n3c4ccccc4c4ccccc43)ccc2-n2c3ccccc3c3ccccc32)c(C#N)c1. The Morgan fingerprint density at radius 2 is 0.929 bits per heavy atom. The maximum atomic E-state index is 10.2. The molecular weight excluding hydrogens is 512 g/mol. The molecule has 2 aromatic heterocycles.